The summed E-state index contributed by atoms with van der Waals surface area (Å²) in [7, 11) is 3.61. The highest BCUT2D eigenvalue weighted by molar-refractivity contribution is 5.90. The number of hydrogen-bond acceptors (Lipinski definition) is 6. The minimum absolute atomic E-state index is 0.0162. The maximum Gasteiger partial charge on any atom is 0.255 e. The van der Waals surface area contributed by atoms with Crippen LogP contribution in [0.4, 0.5) is 10.2 Å². The van der Waals surface area contributed by atoms with Gasteiger partial charge in [-0.15, -0.1) is 0 Å². The molecule has 0 aliphatic heterocycles. The van der Waals surface area contributed by atoms with E-state index in [0.717, 1.165) is 28.8 Å². The number of halogens is 1. The summed E-state index contributed by atoms with van der Waals surface area (Å²) in [5.41, 5.74) is 9.40. The quantitative estimate of drug-likeness (QED) is 0.461. The molecule has 0 atom stereocenters. The van der Waals surface area contributed by atoms with Crippen LogP contribution in [-0.2, 0) is 6.54 Å². The molecule has 0 saturated carbocycles. The first kappa shape index (κ1) is 22.4. The molecule has 0 amide bonds. The van der Waals surface area contributed by atoms with E-state index in [2.05, 4.69) is 26.8 Å². The first-order valence-electron chi connectivity index (χ1n) is 10.6. The lowest BCUT2D eigenvalue weighted by Gasteiger charge is -2.17. The average molecular weight is 448 g/mol. The van der Waals surface area contributed by atoms with Crippen molar-refractivity contribution in [1.82, 2.24) is 19.9 Å². The van der Waals surface area contributed by atoms with Crippen molar-refractivity contribution in [3.8, 4) is 28.3 Å². The number of aryl methyl sites for hydroxylation is 1. The number of aromatic amines is 1. The molecule has 3 N–H and O–H groups in total. The molecule has 0 saturated heterocycles. The van der Waals surface area contributed by atoms with Crippen LogP contribution in [0, 0.1) is 12.9 Å². The number of nitrogens with one attached hydrogen (secondary N) is 1. The van der Waals surface area contributed by atoms with Crippen molar-refractivity contribution in [2.75, 3.05) is 26.4 Å². The molecule has 8 heteroatoms. The topological polar surface area (TPSA) is 97.1 Å². The van der Waals surface area contributed by atoms with Gasteiger partial charge in [-0.25, -0.2) is 4.98 Å². The number of nitrogens with two attached hydrogens (primary N) is 1. The van der Waals surface area contributed by atoms with Gasteiger partial charge >= 0.3 is 0 Å². The van der Waals surface area contributed by atoms with Crippen LogP contribution in [-0.4, -0.2) is 40.6 Å². The molecule has 0 unspecified atom stereocenters. The fraction of sp³-hybridized carbons (Fsp3) is 0.240. The molecule has 2 heterocycles. The molecular weight excluding hydrogens is 421 g/mol. The predicted molar refractivity (Wildman–Crippen MR) is 129 cm³/mol. The highest BCUT2D eigenvalue weighted by atomic mass is 19.1. The largest absolute Gasteiger partial charge is 0.496 e. The number of rotatable bonds is 6. The number of nitrogens with zero attached hydrogens (tertiary/aromatic N) is 3. The number of methoxy groups -OCH3 is 1. The SMILES string of the molecule is CCN(C)Cc1cc(-c2nc(-c3ccc4c(=O)[nH]cc(C)c4c3)c(N)nc2F)ccc1OC. The Morgan fingerprint density at radius 3 is 2.55 bits per heavy atom. The van der Waals surface area contributed by atoms with Gasteiger partial charge in [0, 0.05) is 34.8 Å². The zero-order valence-electron chi connectivity index (χ0n) is 19.1. The molecular formula is C25H26FN5O2. The van der Waals surface area contributed by atoms with E-state index in [1.165, 1.54) is 0 Å². The van der Waals surface area contributed by atoms with Crippen LogP contribution in [0.1, 0.15) is 18.1 Å². The fourth-order valence-electron chi connectivity index (χ4n) is 3.82. The van der Waals surface area contributed by atoms with E-state index in [-0.39, 0.29) is 17.1 Å². The van der Waals surface area contributed by atoms with Crippen LogP contribution in [0.3, 0.4) is 0 Å². The number of anilines is 1. The lowest BCUT2D eigenvalue weighted by atomic mass is 10.0. The molecule has 0 spiro atoms. The number of nitrogen functional groups attached to an aromatic ring is 1. The number of aromatic nitrogens is 3. The van der Waals surface area contributed by atoms with Gasteiger partial charge in [0.2, 0.25) is 5.95 Å². The van der Waals surface area contributed by atoms with Crippen molar-refractivity contribution in [2.24, 2.45) is 0 Å². The first-order valence-corrected chi connectivity index (χ1v) is 10.6. The Bertz CT molecular complexity index is 1400. The Morgan fingerprint density at radius 2 is 1.82 bits per heavy atom. The van der Waals surface area contributed by atoms with Gasteiger partial charge in [0.1, 0.15) is 17.1 Å². The summed E-state index contributed by atoms with van der Waals surface area (Å²) >= 11 is 0. The van der Waals surface area contributed by atoms with Gasteiger partial charge in [0.05, 0.1) is 7.11 Å². The second-order valence-electron chi connectivity index (χ2n) is 8.02. The highest BCUT2D eigenvalue weighted by Crippen LogP contribution is 2.32. The maximum absolute atomic E-state index is 14.9. The molecule has 4 rings (SSSR count). The van der Waals surface area contributed by atoms with Gasteiger partial charge in [-0.2, -0.15) is 9.37 Å². The smallest absolute Gasteiger partial charge is 0.255 e. The fourth-order valence-corrected chi connectivity index (χ4v) is 3.82. The molecule has 0 aliphatic carbocycles. The standard InChI is InChI=1S/C25H26FN5O2/c1-5-31(3)13-17-10-15(7-9-20(17)33-4)21-23(26)30-24(27)22(29-21)16-6-8-18-19(11-16)14(2)12-28-25(18)32/h6-12H,5,13H2,1-4H3,(H2,27,30)(H,28,32). The number of hydrogen-bond donors (Lipinski definition) is 2. The van der Waals surface area contributed by atoms with Gasteiger partial charge in [-0.05, 0) is 61.8 Å². The van der Waals surface area contributed by atoms with Gasteiger partial charge in [0.25, 0.3) is 5.56 Å². The van der Waals surface area contributed by atoms with E-state index in [1.54, 1.807) is 37.6 Å². The third-order valence-electron chi connectivity index (χ3n) is 5.80. The van der Waals surface area contributed by atoms with Crippen molar-refractivity contribution in [1.29, 1.82) is 0 Å². The molecule has 2 aromatic carbocycles. The Kier molecular flexibility index (Phi) is 6.11. The molecule has 4 aromatic rings. The summed E-state index contributed by atoms with van der Waals surface area (Å²) in [6.45, 7) is 5.47. The van der Waals surface area contributed by atoms with Crippen LogP contribution in [0.25, 0.3) is 33.3 Å². The Labute approximate surface area is 191 Å². The van der Waals surface area contributed by atoms with Crippen LogP contribution in [0.15, 0.2) is 47.4 Å². The van der Waals surface area contributed by atoms with E-state index in [1.807, 2.05) is 26.1 Å². The van der Waals surface area contributed by atoms with Crippen molar-refractivity contribution in [3.63, 3.8) is 0 Å². The highest BCUT2D eigenvalue weighted by Gasteiger charge is 2.18. The molecule has 170 valence electrons. The number of ether oxygens (including phenoxy) is 1. The summed E-state index contributed by atoms with van der Waals surface area (Å²) in [5, 5.41) is 1.34. The summed E-state index contributed by atoms with van der Waals surface area (Å²) in [6.07, 6.45) is 1.66. The van der Waals surface area contributed by atoms with Crippen molar-refractivity contribution in [2.45, 2.75) is 20.4 Å². The maximum atomic E-state index is 14.9. The van der Waals surface area contributed by atoms with Gasteiger partial charge in [-0.3, -0.25) is 4.79 Å². The summed E-state index contributed by atoms with van der Waals surface area (Å²) in [4.78, 5) is 25.5. The predicted octanol–water partition coefficient (Wildman–Crippen LogP) is 4.14. The van der Waals surface area contributed by atoms with E-state index in [9.17, 15) is 9.18 Å². The molecule has 0 fully saturated rings. The van der Waals surface area contributed by atoms with Crippen molar-refractivity contribution >= 4 is 16.6 Å². The van der Waals surface area contributed by atoms with E-state index in [4.69, 9.17) is 10.5 Å². The number of pyridine rings is 1. The second kappa shape index (κ2) is 8.99. The van der Waals surface area contributed by atoms with Crippen LogP contribution in [0.2, 0.25) is 0 Å². The second-order valence-corrected chi connectivity index (χ2v) is 8.02. The molecule has 33 heavy (non-hydrogen) atoms. The molecule has 7 nitrogen and oxygen atoms in total. The molecule has 2 aromatic heterocycles. The minimum Gasteiger partial charge on any atom is -0.496 e. The van der Waals surface area contributed by atoms with Crippen LogP contribution in [0.5, 0.6) is 5.75 Å². The zero-order valence-corrected chi connectivity index (χ0v) is 19.1. The monoisotopic (exact) mass is 447 g/mol. The van der Waals surface area contributed by atoms with E-state index < -0.39 is 5.95 Å². The van der Waals surface area contributed by atoms with E-state index >= 15 is 0 Å². The molecule has 0 aliphatic rings. The molecule has 0 radical (unpaired) electrons. The third kappa shape index (κ3) is 4.29. The van der Waals surface area contributed by atoms with Gasteiger partial charge < -0.3 is 20.4 Å². The normalized spacial score (nSPS) is 11.3. The van der Waals surface area contributed by atoms with Gasteiger partial charge in [-0.1, -0.05) is 13.0 Å². The Hall–Kier alpha value is -3.78. The number of benzene rings is 2. The Balaban J connectivity index is 1.85. The van der Waals surface area contributed by atoms with Gasteiger partial charge in [0.15, 0.2) is 5.82 Å². The van der Waals surface area contributed by atoms with Crippen LogP contribution >= 0.6 is 0 Å². The van der Waals surface area contributed by atoms with Crippen LogP contribution < -0.4 is 16.0 Å². The summed E-state index contributed by atoms with van der Waals surface area (Å²) in [5.74, 6) is -0.0412. The molecule has 0 bridgehead atoms. The zero-order chi connectivity index (χ0) is 23.7. The van der Waals surface area contributed by atoms with E-state index in [0.29, 0.717) is 28.8 Å². The lowest BCUT2D eigenvalue weighted by Crippen LogP contribution is -2.17. The van der Waals surface area contributed by atoms with Crippen molar-refractivity contribution in [3.05, 3.63) is 70.0 Å². The summed E-state index contributed by atoms with van der Waals surface area (Å²) in [6, 6.07) is 10.7. The minimum atomic E-state index is -0.746. The first-order chi connectivity index (χ1) is 15.8. The lowest BCUT2D eigenvalue weighted by molar-refractivity contribution is 0.333. The third-order valence-corrected chi connectivity index (χ3v) is 5.80. The Morgan fingerprint density at radius 1 is 1.09 bits per heavy atom. The number of H-pyrrole nitrogens is 1. The number of fused-ring (bicyclic) bond motifs is 1. The van der Waals surface area contributed by atoms with Crippen molar-refractivity contribution < 1.29 is 9.13 Å². The summed E-state index contributed by atoms with van der Waals surface area (Å²) < 4.78 is 20.4. The average Bonchev–Trinajstić information content (AvgIpc) is 2.81.